The molecule has 1 heterocycles. The van der Waals surface area contributed by atoms with Gasteiger partial charge in [0.15, 0.2) is 6.61 Å². The number of ketones is 1. The van der Waals surface area contributed by atoms with Gasteiger partial charge in [0.1, 0.15) is 17.5 Å². The molecule has 134 valence electrons. The lowest BCUT2D eigenvalue weighted by atomic mass is 10.1. The van der Waals surface area contributed by atoms with Crippen molar-refractivity contribution in [3.8, 4) is 5.75 Å². The Balaban J connectivity index is 1.39. The third kappa shape index (κ3) is 4.92. The second-order valence-electron chi connectivity index (χ2n) is 6.00. The molecule has 2 aromatic rings. The van der Waals surface area contributed by atoms with Crippen LogP contribution >= 0.6 is 0 Å². The summed E-state index contributed by atoms with van der Waals surface area (Å²) < 4.78 is 5.43. The van der Waals surface area contributed by atoms with Crippen molar-refractivity contribution in [1.82, 2.24) is 10.7 Å². The highest BCUT2D eigenvalue weighted by Crippen LogP contribution is 2.10. The maximum absolute atomic E-state index is 12.2. The molecule has 1 aliphatic rings. The van der Waals surface area contributed by atoms with Gasteiger partial charge in [-0.25, -0.2) is 0 Å². The Morgan fingerprint density at radius 3 is 2.50 bits per heavy atom. The Morgan fingerprint density at radius 2 is 1.77 bits per heavy atom. The van der Waals surface area contributed by atoms with Crippen molar-refractivity contribution >= 4 is 17.4 Å². The number of nitrogens with zero attached hydrogens (tertiary/aromatic N) is 1. The Hall–Kier alpha value is -3.15. The number of amides is 1. The number of hydrogen-bond acceptors (Lipinski definition) is 5. The topological polar surface area (TPSA) is 79.8 Å². The van der Waals surface area contributed by atoms with Gasteiger partial charge < -0.3 is 10.1 Å². The highest BCUT2D eigenvalue weighted by molar-refractivity contribution is 6.41. The number of benzene rings is 2. The summed E-state index contributed by atoms with van der Waals surface area (Å²) in [5.74, 6) is 0.250. The standard InChI is InChI=1S/C20H21N3O3/c24-19(14-26-16-9-5-2-6-10-16)17-13-18(23-22-17)20(25)21-12-11-15-7-3-1-4-8-15/h1-10,18,23H,11-14H2,(H,21,25). The molecule has 1 atom stereocenters. The van der Waals surface area contributed by atoms with E-state index in [9.17, 15) is 9.59 Å². The fraction of sp³-hybridized carbons (Fsp3) is 0.250. The van der Waals surface area contributed by atoms with Crippen LogP contribution in [0.5, 0.6) is 5.75 Å². The zero-order valence-corrected chi connectivity index (χ0v) is 14.4. The lowest BCUT2D eigenvalue weighted by Gasteiger charge is -2.10. The van der Waals surface area contributed by atoms with Gasteiger partial charge in [0, 0.05) is 13.0 Å². The molecule has 0 radical (unpaired) electrons. The van der Waals surface area contributed by atoms with Crippen LogP contribution in [0.4, 0.5) is 0 Å². The zero-order valence-electron chi connectivity index (χ0n) is 14.4. The first-order valence-corrected chi connectivity index (χ1v) is 8.57. The van der Waals surface area contributed by atoms with Gasteiger partial charge in [-0.05, 0) is 24.1 Å². The van der Waals surface area contributed by atoms with Crippen molar-refractivity contribution in [2.75, 3.05) is 13.2 Å². The lowest BCUT2D eigenvalue weighted by molar-refractivity contribution is -0.122. The molecule has 1 amide bonds. The summed E-state index contributed by atoms with van der Waals surface area (Å²) in [6.07, 6.45) is 1.03. The molecule has 0 aliphatic carbocycles. The molecule has 3 rings (SSSR count). The molecule has 26 heavy (non-hydrogen) atoms. The predicted molar refractivity (Wildman–Crippen MR) is 99.1 cm³/mol. The van der Waals surface area contributed by atoms with Crippen LogP contribution in [0.25, 0.3) is 0 Å². The second-order valence-corrected chi connectivity index (χ2v) is 6.00. The maximum atomic E-state index is 12.2. The molecule has 6 nitrogen and oxygen atoms in total. The molecular formula is C20H21N3O3. The third-order valence-electron chi connectivity index (χ3n) is 4.06. The molecule has 0 aromatic heterocycles. The van der Waals surface area contributed by atoms with Crippen LogP contribution in [0.3, 0.4) is 0 Å². The summed E-state index contributed by atoms with van der Waals surface area (Å²) in [7, 11) is 0. The van der Waals surface area contributed by atoms with Crippen LogP contribution in [0, 0.1) is 0 Å². The molecule has 1 aliphatic heterocycles. The SMILES string of the molecule is O=C(COc1ccccc1)C1=NNC(C(=O)NCCc2ccccc2)C1. The van der Waals surface area contributed by atoms with E-state index in [-0.39, 0.29) is 24.7 Å². The molecule has 0 fully saturated rings. The minimum Gasteiger partial charge on any atom is -0.485 e. The lowest BCUT2D eigenvalue weighted by Crippen LogP contribution is -2.41. The number of para-hydroxylation sites is 1. The number of Topliss-reactive ketones (excluding diaryl/α,β-unsaturated/α-hetero) is 1. The number of carbonyl (C=O) groups is 2. The van der Waals surface area contributed by atoms with Crippen LogP contribution in [-0.4, -0.2) is 36.6 Å². The first-order chi connectivity index (χ1) is 12.7. The number of hydrogen-bond donors (Lipinski definition) is 2. The van der Waals surface area contributed by atoms with Crippen LogP contribution in [-0.2, 0) is 16.0 Å². The molecular weight excluding hydrogens is 330 g/mol. The van der Waals surface area contributed by atoms with Crippen molar-refractivity contribution in [3.05, 3.63) is 66.2 Å². The highest BCUT2D eigenvalue weighted by atomic mass is 16.5. The van der Waals surface area contributed by atoms with Crippen LogP contribution in [0.15, 0.2) is 65.8 Å². The van der Waals surface area contributed by atoms with E-state index >= 15 is 0 Å². The van der Waals surface area contributed by atoms with Gasteiger partial charge in [-0.2, -0.15) is 5.10 Å². The van der Waals surface area contributed by atoms with Crippen molar-refractivity contribution in [3.63, 3.8) is 0 Å². The highest BCUT2D eigenvalue weighted by Gasteiger charge is 2.28. The molecule has 6 heteroatoms. The van der Waals surface area contributed by atoms with Gasteiger partial charge in [0.2, 0.25) is 11.7 Å². The van der Waals surface area contributed by atoms with Crippen LogP contribution in [0.1, 0.15) is 12.0 Å². The number of carbonyl (C=O) groups excluding carboxylic acids is 2. The van der Waals surface area contributed by atoms with Gasteiger partial charge in [0.05, 0.1) is 0 Å². The Labute approximate surface area is 152 Å². The second kappa shape index (κ2) is 8.80. The first kappa shape index (κ1) is 17.7. The molecule has 2 aromatic carbocycles. The van der Waals surface area contributed by atoms with Gasteiger partial charge in [0.25, 0.3) is 0 Å². The predicted octanol–water partition coefficient (Wildman–Crippen LogP) is 1.71. The first-order valence-electron chi connectivity index (χ1n) is 8.57. The fourth-order valence-electron chi connectivity index (χ4n) is 2.61. The van der Waals surface area contributed by atoms with Crippen LogP contribution in [0.2, 0.25) is 0 Å². The monoisotopic (exact) mass is 351 g/mol. The molecule has 0 saturated heterocycles. The van der Waals surface area contributed by atoms with Crippen LogP contribution < -0.4 is 15.5 Å². The molecule has 2 N–H and O–H groups in total. The van der Waals surface area contributed by atoms with E-state index < -0.39 is 6.04 Å². The number of nitrogens with one attached hydrogen (secondary N) is 2. The smallest absolute Gasteiger partial charge is 0.244 e. The van der Waals surface area contributed by atoms with Gasteiger partial charge in [-0.1, -0.05) is 48.5 Å². The van der Waals surface area contributed by atoms with E-state index in [4.69, 9.17) is 4.74 Å². The van der Waals surface area contributed by atoms with E-state index in [0.29, 0.717) is 18.0 Å². The summed E-state index contributed by atoms with van der Waals surface area (Å²) in [6.45, 7) is 0.453. The van der Waals surface area contributed by atoms with Crippen molar-refractivity contribution in [2.24, 2.45) is 5.10 Å². The van der Waals surface area contributed by atoms with Crippen molar-refractivity contribution < 1.29 is 14.3 Å². The maximum Gasteiger partial charge on any atom is 0.244 e. The van der Waals surface area contributed by atoms with E-state index in [2.05, 4.69) is 15.8 Å². The summed E-state index contributed by atoms with van der Waals surface area (Å²) in [4.78, 5) is 24.4. The summed E-state index contributed by atoms with van der Waals surface area (Å²) in [5, 5.41) is 6.87. The van der Waals surface area contributed by atoms with E-state index in [1.807, 2.05) is 48.5 Å². The van der Waals surface area contributed by atoms with E-state index in [1.54, 1.807) is 12.1 Å². The number of rotatable bonds is 8. The Bertz CT molecular complexity index is 775. The Kier molecular flexibility index (Phi) is 5.98. The van der Waals surface area contributed by atoms with Crippen molar-refractivity contribution in [2.45, 2.75) is 18.9 Å². The van der Waals surface area contributed by atoms with Crippen molar-refractivity contribution in [1.29, 1.82) is 0 Å². The largest absolute Gasteiger partial charge is 0.485 e. The fourth-order valence-corrected chi connectivity index (χ4v) is 2.61. The minimum atomic E-state index is -0.513. The quantitative estimate of drug-likeness (QED) is 0.759. The molecule has 0 bridgehead atoms. The summed E-state index contributed by atoms with van der Waals surface area (Å²) in [6, 6.07) is 18.5. The van der Waals surface area contributed by atoms with E-state index in [0.717, 1.165) is 12.0 Å². The minimum absolute atomic E-state index is 0.0904. The van der Waals surface area contributed by atoms with E-state index in [1.165, 1.54) is 0 Å². The van der Waals surface area contributed by atoms with Gasteiger partial charge >= 0.3 is 0 Å². The third-order valence-corrected chi connectivity index (χ3v) is 4.06. The molecule has 1 unspecified atom stereocenters. The zero-order chi connectivity index (χ0) is 18.2. The number of ether oxygens (including phenoxy) is 1. The molecule has 0 spiro atoms. The Morgan fingerprint density at radius 1 is 1.08 bits per heavy atom. The molecule has 0 saturated carbocycles. The summed E-state index contributed by atoms with van der Waals surface area (Å²) >= 11 is 0. The number of hydrazone groups is 1. The van der Waals surface area contributed by atoms with Gasteiger partial charge in [-0.3, -0.25) is 15.0 Å². The average molecular weight is 351 g/mol. The summed E-state index contributed by atoms with van der Waals surface area (Å²) in [5.41, 5.74) is 4.24. The van der Waals surface area contributed by atoms with Gasteiger partial charge in [-0.15, -0.1) is 0 Å². The average Bonchev–Trinajstić information content (AvgIpc) is 3.18. The normalized spacial score (nSPS) is 15.7.